The molecule has 1 aromatic heterocycles. The first-order valence-electron chi connectivity index (χ1n) is 3.96. The van der Waals surface area contributed by atoms with Gasteiger partial charge in [-0.05, 0) is 16.5 Å². The van der Waals surface area contributed by atoms with Crippen molar-refractivity contribution in [3.63, 3.8) is 0 Å². The number of nitro groups is 1. The SMILES string of the molecule is O=C(Cl)c1cc(O)c(OC(F)(F)F)nc1[N+](=O)[O-]. The zero-order valence-corrected chi connectivity index (χ0v) is 8.82. The van der Waals surface area contributed by atoms with Gasteiger partial charge in [0.05, 0.1) is 0 Å². The van der Waals surface area contributed by atoms with Crippen molar-refractivity contribution in [2.24, 2.45) is 0 Å². The van der Waals surface area contributed by atoms with Gasteiger partial charge in [0, 0.05) is 11.1 Å². The third-order valence-corrected chi connectivity index (χ3v) is 1.75. The molecule has 0 amide bonds. The Morgan fingerprint density at radius 2 is 2.11 bits per heavy atom. The summed E-state index contributed by atoms with van der Waals surface area (Å²) in [5, 5.41) is 18.2. The highest BCUT2D eigenvalue weighted by Gasteiger charge is 2.37. The Balaban J connectivity index is 3.36. The summed E-state index contributed by atoms with van der Waals surface area (Å²) in [7, 11) is 0. The molecular formula is C7H2ClF3N2O5. The summed E-state index contributed by atoms with van der Waals surface area (Å²) in [4.78, 5) is 22.8. The number of nitrogens with zero attached hydrogens (tertiary/aromatic N) is 2. The maximum atomic E-state index is 11.9. The lowest BCUT2D eigenvalue weighted by Gasteiger charge is -2.07. The zero-order valence-electron chi connectivity index (χ0n) is 8.06. The lowest BCUT2D eigenvalue weighted by molar-refractivity contribution is -0.390. The molecule has 18 heavy (non-hydrogen) atoms. The van der Waals surface area contributed by atoms with E-state index in [1.54, 1.807) is 0 Å². The largest absolute Gasteiger partial charge is 0.575 e. The molecule has 1 heterocycles. The molecule has 0 fully saturated rings. The van der Waals surface area contributed by atoms with Crippen LogP contribution in [0.3, 0.4) is 0 Å². The minimum atomic E-state index is -5.20. The number of aromatic nitrogens is 1. The van der Waals surface area contributed by atoms with Crippen LogP contribution < -0.4 is 4.74 Å². The van der Waals surface area contributed by atoms with E-state index in [-0.39, 0.29) is 0 Å². The van der Waals surface area contributed by atoms with Gasteiger partial charge in [-0.25, -0.2) is 0 Å². The molecule has 0 saturated heterocycles. The molecule has 1 N–H and O–H groups in total. The summed E-state index contributed by atoms with van der Waals surface area (Å²) in [6.45, 7) is 0. The summed E-state index contributed by atoms with van der Waals surface area (Å²) < 4.78 is 38.9. The molecule has 1 rings (SSSR count). The first kappa shape index (κ1) is 14.0. The van der Waals surface area contributed by atoms with Gasteiger partial charge in [0.2, 0.25) is 5.75 Å². The summed E-state index contributed by atoms with van der Waals surface area (Å²) in [6.07, 6.45) is -5.20. The molecule has 98 valence electrons. The van der Waals surface area contributed by atoms with Crippen LogP contribution in [-0.2, 0) is 0 Å². The quantitative estimate of drug-likeness (QED) is 0.517. The van der Waals surface area contributed by atoms with Crippen molar-refractivity contribution in [3.8, 4) is 11.6 Å². The Kier molecular flexibility index (Phi) is 3.60. The van der Waals surface area contributed by atoms with Crippen LogP contribution in [0.2, 0.25) is 0 Å². The number of carbonyl (C=O) groups is 1. The van der Waals surface area contributed by atoms with E-state index in [0.29, 0.717) is 6.07 Å². The molecule has 0 atom stereocenters. The van der Waals surface area contributed by atoms with Crippen molar-refractivity contribution >= 4 is 22.7 Å². The molecule has 0 aliphatic rings. The third kappa shape index (κ3) is 3.20. The van der Waals surface area contributed by atoms with E-state index in [1.807, 2.05) is 0 Å². The van der Waals surface area contributed by atoms with Crippen molar-refractivity contribution in [3.05, 3.63) is 21.7 Å². The second-order valence-corrected chi connectivity index (χ2v) is 3.11. The summed E-state index contributed by atoms with van der Waals surface area (Å²) >= 11 is 4.95. The smallest absolute Gasteiger partial charge is 0.501 e. The van der Waals surface area contributed by atoms with Crippen molar-refractivity contribution < 1.29 is 32.7 Å². The van der Waals surface area contributed by atoms with Crippen molar-refractivity contribution in [1.29, 1.82) is 0 Å². The van der Waals surface area contributed by atoms with Crippen LogP contribution in [0, 0.1) is 10.1 Å². The minimum Gasteiger partial charge on any atom is -0.501 e. The Morgan fingerprint density at radius 1 is 1.56 bits per heavy atom. The van der Waals surface area contributed by atoms with E-state index in [2.05, 4.69) is 9.72 Å². The zero-order chi connectivity index (χ0) is 14.1. The van der Waals surface area contributed by atoms with Crippen LogP contribution in [0.5, 0.6) is 11.6 Å². The Hall–Kier alpha value is -2.10. The van der Waals surface area contributed by atoms with Crippen LogP contribution in [-0.4, -0.2) is 26.6 Å². The molecule has 0 unspecified atom stereocenters. The van der Waals surface area contributed by atoms with Crippen molar-refractivity contribution in [2.75, 3.05) is 0 Å². The molecule has 1 aromatic rings. The van der Waals surface area contributed by atoms with Gasteiger partial charge < -0.3 is 20.0 Å². The Morgan fingerprint density at radius 3 is 2.50 bits per heavy atom. The Bertz CT molecular complexity index is 519. The van der Waals surface area contributed by atoms with Gasteiger partial charge in [0.25, 0.3) is 5.24 Å². The van der Waals surface area contributed by atoms with Gasteiger partial charge in [-0.15, -0.1) is 13.2 Å². The van der Waals surface area contributed by atoms with E-state index < -0.39 is 39.5 Å². The van der Waals surface area contributed by atoms with Gasteiger partial charge in [-0.2, -0.15) is 0 Å². The highest BCUT2D eigenvalue weighted by Crippen LogP contribution is 2.34. The second-order valence-electron chi connectivity index (χ2n) is 2.76. The van der Waals surface area contributed by atoms with E-state index in [0.717, 1.165) is 0 Å². The number of rotatable bonds is 3. The van der Waals surface area contributed by atoms with Crippen molar-refractivity contribution in [2.45, 2.75) is 6.36 Å². The van der Waals surface area contributed by atoms with Crippen LogP contribution >= 0.6 is 11.6 Å². The average Bonchev–Trinajstić information content (AvgIpc) is 2.17. The fourth-order valence-corrected chi connectivity index (χ4v) is 1.08. The molecule has 0 saturated carbocycles. The molecule has 0 spiro atoms. The van der Waals surface area contributed by atoms with Gasteiger partial charge in [0.15, 0.2) is 0 Å². The van der Waals surface area contributed by atoms with Crippen LogP contribution in [0.4, 0.5) is 19.0 Å². The van der Waals surface area contributed by atoms with Gasteiger partial charge in [0.1, 0.15) is 5.56 Å². The number of ether oxygens (including phenoxy) is 1. The monoisotopic (exact) mass is 286 g/mol. The van der Waals surface area contributed by atoms with E-state index in [1.165, 1.54) is 0 Å². The first-order chi connectivity index (χ1) is 8.11. The highest BCUT2D eigenvalue weighted by molar-refractivity contribution is 6.68. The maximum Gasteiger partial charge on any atom is 0.575 e. The number of carbonyl (C=O) groups excluding carboxylic acids is 1. The fourth-order valence-electron chi connectivity index (χ4n) is 0.945. The average molecular weight is 287 g/mol. The molecular weight excluding hydrogens is 285 g/mol. The molecule has 0 aliphatic heterocycles. The maximum absolute atomic E-state index is 11.9. The van der Waals surface area contributed by atoms with E-state index in [9.17, 15) is 28.1 Å². The number of halogens is 4. The molecule has 7 nitrogen and oxygen atoms in total. The van der Waals surface area contributed by atoms with Crippen molar-refractivity contribution in [1.82, 2.24) is 4.98 Å². The van der Waals surface area contributed by atoms with Gasteiger partial charge >= 0.3 is 18.1 Å². The third-order valence-electron chi connectivity index (χ3n) is 1.55. The standard InChI is InChI=1S/C7H2ClF3N2O5/c8-4(15)2-1-3(14)6(18-7(9,10)11)12-5(2)13(16)17/h1,14H. The molecule has 0 aliphatic carbocycles. The number of hydrogen-bond acceptors (Lipinski definition) is 6. The molecule has 11 heteroatoms. The summed E-state index contributed by atoms with van der Waals surface area (Å²) in [6, 6.07) is 0.363. The summed E-state index contributed by atoms with van der Waals surface area (Å²) in [5.74, 6) is -3.91. The van der Waals surface area contributed by atoms with E-state index in [4.69, 9.17) is 16.7 Å². The topological polar surface area (TPSA) is 103 Å². The number of alkyl halides is 3. The van der Waals surface area contributed by atoms with Crippen LogP contribution in [0.1, 0.15) is 10.4 Å². The first-order valence-corrected chi connectivity index (χ1v) is 4.33. The predicted octanol–water partition coefficient (Wildman–Crippen LogP) is 1.97. The molecule has 0 bridgehead atoms. The lowest BCUT2D eigenvalue weighted by Crippen LogP contribution is -2.18. The predicted molar refractivity (Wildman–Crippen MR) is 49.4 cm³/mol. The molecule has 0 radical (unpaired) electrons. The highest BCUT2D eigenvalue weighted by atomic mass is 35.5. The minimum absolute atomic E-state index is 0.363. The normalized spacial score (nSPS) is 11.1. The lowest BCUT2D eigenvalue weighted by atomic mass is 10.2. The van der Waals surface area contributed by atoms with Gasteiger partial charge in [-0.3, -0.25) is 4.79 Å². The fraction of sp³-hybridized carbons (Fsp3) is 0.143. The number of pyridine rings is 1. The Labute approximate surface area is 101 Å². The van der Waals surface area contributed by atoms with E-state index >= 15 is 0 Å². The number of hydrogen-bond donors (Lipinski definition) is 1. The van der Waals surface area contributed by atoms with Gasteiger partial charge in [-0.1, -0.05) is 0 Å². The number of aromatic hydroxyl groups is 1. The van der Waals surface area contributed by atoms with Crippen LogP contribution in [0.15, 0.2) is 6.07 Å². The molecule has 0 aromatic carbocycles. The summed E-state index contributed by atoms with van der Waals surface area (Å²) in [5.41, 5.74) is -0.853. The van der Waals surface area contributed by atoms with Crippen LogP contribution in [0.25, 0.3) is 0 Å². The second kappa shape index (κ2) is 4.64.